The standard InChI is InChI=1S/C51H31N3O2/c1-3-10-32(11-4-1)34-18-22-36(23-19-34)40-15-9-17-46-48(40)42-28-26-39(31-47(42)56-46)51-53-49(37-24-20-35(21-25-37)33-12-5-2-6-13-33)52-50(54-51)38-27-29-45-43(30-38)41-14-7-8-16-44(41)55-45/h1-31H/i9D,15D,17D,26D,28D,31D. The van der Waals surface area contributed by atoms with Crippen molar-refractivity contribution in [3.63, 3.8) is 0 Å². The second-order valence-electron chi connectivity index (χ2n) is 13.5. The van der Waals surface area contributed by atoms with Crippen molar-refractivity contribution < 1.29 is 17.1 Å². The lowest BCUT2D eigenvalue weighted by atomic mass is 9.96. The molecule has 5 heteroatoms. The van der Waals surface area contributed by atoms with E-state index in [1.165, 1.54) is 0 Å². The molecular weight excluding hydrogens is 687 g/mol. The van der Waals surface area contributed by atoms with Crippen molar-refractivity contribution in [1.29, 1.82) is 0 Å². The molecule has 0 amide bonds. The minimum atomic E-state index is -0.351. The van der Waals surface area contributed by atoms with Gasteiger partial charge in [-0.3, -0.25) is 0 Å². The summed E-state index contributed by atoms with van der Waals surface area (Å²) >= 11 is 0. The summed E-state index contributed by atoms with van der Waals surface area (Å²) in [7, 11) is 0. The van der Waals surface area contributed by atoms with E-state index in [1.807, 2.05) is 152 Å². The molecule has 11 aromatic rings. The average molecular weight is 724 g/mol. The molecule has 0 fully saturated rings. The molecule has 0 aliphatic carbocycles. The SMILES string of the molecule is [2H]c1c([2H])c(-c2ccc(-c3ccccc3)cc2)c2c(oc3c([2H])c(-c4nc(-c5ccc(-c6ccccc6)cc5)nc(-c5ccc6oc7ccccc7c6c5)n4)c([2H])c([2H])c32)c1[2H]. The summed E-state index contributed by atoms with van der Waals surface area (Å²) in [6.07, 6.45) is 0. The number of furan rings is 2. The first kappa shape index (κ1) is 26.2. The third-order valence-electron chi connectivity index (χ3n) is 10.1. The van der Waals surface area contributed by atoms with Crippen molar-refractivity contribution >= 4 is 43.9 Å². The Morgan fingerprint density at radius 1 is 0.357 bits per heavy atom. The first-order valence-corrected chi connectivity index (χ1v) is 18.2. The lowest BCUT2D eigenvalue weighted by molar-refractivity contribution is 0.668. The summed E-state index contributed by atoms with van der Waals surface area (Å²) in [5, 5.41) is 2.13. The zero-order valence-electron chi connectivity index (χ0n) is 35.6. The summed E-state index contributed by atoms with van der Waals surface area (Å²) in [5.41, 5.74) is 7.46. The molecule has 0 spiro atoms. The second-order valence-corrected chi connectivity index (χ2v) is 13.5. The highest BCUT2D eigenvalue weighted by atomic mass is 16.3. The van der Waals surface area contributed by atoms with Gasteiger partial charge < -0.3 is 8.83 Å². The van der Waals surface area contributed by atoms with Crippen molar-refractivity contribution in [2.75, 3.05) is 0 Å². The van der Waals surface area contributed by atoms with E-state index in [-0.39, 0.29) is 81.0 Å². The number of rotatable bonds is 6. The molecule has 0 unspecified atom stereocenters. The minimum absolute atomic E-state index is 0.00896. The molecule has 0 atom stereocenters. The van der Waals surface area contributed by atoms with E-state index in [0.717, 1.165) is 38.6 Å². The van der Waals surface area contributed by atoms with Crippen LogP contribution in [0.3, 0.4) is 0 Å². The van der Waals surface area contributed by atoms with E-state index in [4.69, 9.17) is 27.9 Å². The Morgan fingerprint density at radius 2 is 0.893 bits per heavy atom. The first-order valence-electron chi connectivity index (χ1n) is 21.2. The van der Waals surface area contributed by atoms with E-state index >= 15 is 0 Å². The van der Waals surface area contributed by atoms with E-state index in [2.05, 4.69) is 0 Å². The van der Waals surface area contributed by atoms with Crippen LogP contribution in [0.15, 0.2) is 197 Å². The van der Waals surface area contributed by atoms with Crippen molar-refractivity contribution in [1.82, 2.24) is 15.0 Å². The van der Waals surface area contributed by atoms with Crippen LogP contribution in [0, 0.1) is 0 Å². The van der Waals surface area contributed by atoms with Crippen LogP contribution < -0.4 is 0 Å². The summed E-state index contributed by atoms with van der Waals surface area (Å²) < 4.78 is 67.7. The number of aromatic nitrogens is 3. The van der Waals surface area contributed by atoms with Gasteiger partial charge in [-0.25, -0.2) is 15.0 Å². The minimum Gasteiger partial charge on any atom is -0.456 e. The average Bonchev–Trinajstić information content (AvgIpc) is 3.90. The first-order chi connectivity index (χ1) is 30.2. The lowest BCUT2D eigenvalue weighted by Crippen LogP contribution is -2.00. The molecule has 0 bridgehead atoms. The maximum absolute atomic E-state index is 9.61. The molecule has 0 saturated heterocycles. The number of fused-ring (bicyclic) bond motifs is 6. The Labute approximate surface area is 330 Å². The maximum atomic E-state index is 9.61. The van der Waals surface area contributed by atoms with Gasteiger partial charge in [0.1, 0.15) is 22.3 Å². The van der Waals surface area contributed by atoms with Gasteiger partial charge in [-0.05, 0) is 75.8 Å². The highest BCUT2D eigenvalue weighted by molar-refractivity contribution is 6.13. The summed E-state index contributed by atoms with van der Waals surface area (Å²) in [6.45, 7) is 0. The third-order valence-corrected chi connectivity index (χ3v) is 10.1. The number of hydrogen-bond donors (Lipinski definition) is 0. The zero-order valence-corrected chi connectivity index (χ0v) is 29.6. The molecule has 0 aliphatic rings. The number of benzene rings is 8. The fraction of sp³-hybridized carbons (Fsp3) is 0. The van der Waals surface area contributed by atoms with Crippen LogP contribution in [0.4, 0.5) is 0 Å². The fourth-order valence-electron chi connectivity index (χ4n) is 7.29. The second kappa shape index (κ2) is 13.0. The molecule has 56 heavy (non-hydrogen) atoms. The van der Waals surface area contributed by atoms with E-state index in [1.54, 1.807) is 0 Å². The van der Waals surface area contributed by atoms with Crippen molar-refractivity contribution in [3.8, 4) is 67.5 Å². The predicted molar refractivity (Wildman–Crippen MR) is 227 cm³/mol. The van der Waals surface area contributed by atoms with Gasteiger partial charge in [-0.2, -0.15) is 0 Å². The molecule has 8 aromatic carbocycles. The van der Waals surface area contributed by atoms with Crippen LogP contribution in [0.1, 0.15) is 8.22 Å². The fourth-order valence-corrected chi connectivity index (χ4v) is 7.29. The molecule has 11 rings (SSSR count). The van der Waals surface area contributed by atoms with Gasteiger partial charge in [0.2, 0.25) is 0 Å². The Kier molecular flexibility index (Phi) is 6.10. The van der Waals surface area contributed by atoms with Crippen LogP contribution in [-0.2, 0) is 0 Å². The summed E-state index contributed by atoms with van der Waals surface area (Å²) in [5.74, 6) is 0.571. The van der Waals surface area contributed by atoms with Gasteiger partial charge in [0.15, 0.2) is 17.5 Å². The largest absolute Gasteiger partial charge is 0.456 e. The van der Waals surface area contributed by atoms with Crippen molar-refractivity contribution in [3.05, 3.63) is 188 Å². The van der Waals surface area contributed by atoms with E-state index in [9.17, 15) is 4.11 Å². The summed E-state index contributed by atoms with van der Waals surface area (Å²) in [4.78, 5) is 14.7. The third kappa shape index (κ3) is 5.53. The Bertz CT molecular complexity index is 3570. The van der Waals surface area contributed by atoms with Gasteiger partial charge in [0, 0.05) is 38.2 Å². The molecule has 3 heterocycles. The molecule has 0 radical (unpaired) electrons. The maximum Gasteiger partial charge on any atom is 0.164 e. The van der Waals surface area contributed by atoms with Crippen LogP contribution in [0.5, 0.6) is 0 Å². The van der Waals surface area contributed by atoms with Crippen LogP contribution in [-0.4, -0.2) is 15.0 Å². The van der Waals surface area contributed by atoms with Gasteiger partial charge in [-0.15, -0.1) is 0 Å². The van der Waals surface area contributed by atoms with Crippen molar-refractivity contribution in [2.24, 2.45) is 0 Å². The molecule has 0 N–H and O–H groups in total. The molecule has 3 aromatic heterocycles. The van der Waals surface area contributed by atoms with Crippen LogP contribution >= 0.6 is 0 Å². The van der Waals surface area contributed by atoms with Crippen molar-refractivity contribution in [2.45, 2.75) is 0 Å². The normalized spacial score (nSPS) is 13.1. The van der Waals surface area contributed by atoms with Gasteiger partial charge in [0.25, 0.3) is 0 Å². The van der Waals surface area contributed by atoms with Crippen LogP contribution in [0.25, 0.3) is 111 Å². The monoisotopic (exact) mass is 723 g/mol. The Hall–Kier alpha value is -7.63. The molecule has 5 nitrogen and oxygen atoms in total. The van der Waals surface area contributed by atoms with E-state index < -0.39 is 0 Å². The number of para-hydroxylation sites is 1. The number of hydrogen-bond acceptors (Lipinski definition) is 5. The van der Waals surface area contributed by atoms with Crippen LogP contribution in [0.2, 0.25) is 0 Å². The number of nitrogens with zero attached hydrogens (tertiary/aromatic N) is 3. The molecule has 0 aliphatic heterocycles. The van der Waals surface area contributed by atoms with E-state index in [0.29, 0.717) is 28.1 Å². The molecule has 262 valence electrons. The molecule has 0 saturated carbocycles. The highest BCUT2D eigenvalue weighted by Crippen LogP contribution is 2.39. The predicted octanol–water partition coefficient (Wildman–Crippen LogP) is 13.7. The lowest BCUT2D eigenvalue weighted by Gasteiger charge is -2.09. The zero-order chi connectivity index (χ0) is 42.2. The Balaban J connectivity index is 1.12. The van der Waals surface area contributed by atoms with Gasteiger partial charge >= 0.3 is 0 Å². The summed E-state index contributed by atoms with van der Waals surface area (Å²) in [6, 6.07) is 46.8. The Morgan fingerprint density at radius 3 is 1.61 bits per heavy atom. The highest BCUT2D eigenvalue weighted by Gasteiger charge is 2.18. The van der Waals surface area contributed by atoms with Gasteiger partial charge in [-0.1, -0.05) is 146 Å². The smallest absolute Gasteiger partial charge is 0.164 e. The topological polar surface area (TPSA) is 65.0 Å². The van der Waals surface area contributed by atoms with Gasteiger partial charge in [0.05, 0.1) is 8.22 Å². The quantitative estimate of drug-likeness (QED) is 0.171. The molecular formula is C51H31N3O2.